The molecule has 0 bridgehead atoms. The molecule has 6 rings (SSSR count). The summed E-state index contributed by atoms with van der Waals surface area (Å²) in [5.74, 6) is 0.987. The largest absolute Gasteiger partial charge is 0.489 e. The first kappa shape index (κ1) is 21.0. The summed E-state index contributed by atoms with van der Waals surface area (Å²) in [5.41, 5.74) is 2.32. The van der Waals surface area contributed by atoms with E-state index in [1.165, 1.54) is 0 Å². The Morgan fingerprint density at radius 1 is 0.857 bits per heavy atom. The lowest BCUT2D eigenvalue weighted by Crippen LogP contribution is -2.29. The third-order valence-electron chi connectivity index (χ3n) is 6.20. The van der Waals surface area contributed by atoms with Crippen LogP contribution in [-0.4, -0.2) is 10.8 Å². The number of benzene rings is 3. The Labute approximate surface area is 201 Å². The SMILES string of the molecule is O=C1c2oc3ccccc3c(=O)c2[C@H](c2cccc(OCc3ccccc3)c2)N1Cc1ccco1. The lowest BCUT2D eigenvalue weighted by Gasteiger charge is -2.24. The van der Waals surface area contributed by atoms with Gasteiger partial charge in [-0.15, -0.1) is 0 Å². The molecule has 5 aromatic rings. The maximum Gasteiger partial charge on any atom is 0.291 e. The zero-order valence-corrected chi connectivity index (χ0v) is 18.7. The van der Waals surface area contributed by atoms with Gasteiger partial charge in [-0.05, 0) is 47.5 Å². The Morgan fingerprint density at radius 2 is 1.69 bits per heavy atom. The molecule has 0 unspecified atom stereocenters. The summed E-state index contributed by atoms with van der Waals surface area (Å²) in [4.78, 5) is 28.7. The van der Waals surface area contributed by atoms with Gasteiger partial charge in [-0.3, -0.25) is 9.59 Å². The zero-order valence-electron chi connectivity index (χ0n) is 18.7. The number of hydrogen-bond acceptors (Lipinski definition) is 5. The van der Waals surface area contributed by atoms with Crippen molar-refractivity contribution < 1.29 is 18.4 Å². The highest BCUT2D eigenvalue weighted by Gasteiger charge is 2.43. The normalized spacial score (nSPS) is 14.9. The fourth-order valence-electron chi connectivity index (χ4n) is 4.56. The maximum atomic E-state index is 13.6. The molecule has 1 amide bonds. The van der Waals surface area contributed by atoms with Crippen LogP contribution in [0.2, 0.25) is 0 Å². The van der Waals surface area contributed by atoms with Crippen molar-refractivity contribution in [1.82, 2.24) is 4.90 Å². The van der Waals surface area contributed by atoms with Crippen molar-refractivity contribution in [2.45, 2.75) is 19.2 Å². The number of furan rings is 1. The Bertz CT molecular complexity index is 1570. The summed E-state index contributed by atoms with van der Waals surface area (Å²) < 4.78 is 17.5. The van der Waals surface area contributed by atoms with Gasteiger partial charge in [0.2, 0.25) is 5.76 Å². The average molecular weight is 463 g/mol. The molecule has 1 aliphatic heterocycles. The van der Waals surface area contributed by atoms with Crippen molar-refractivity contribution in [3.63, 3.8) is 0 Å². The quantitative estimate of drug-likeness (QED) is 0.323. The number of nitrogens with zero attached hydrogens (tertiary/aromatic N) is 1. The predicted octanol–water partition coefficient (Wildman–Crippen LogP) is 5.71. The van der Waals surface area contributed by atoms with Gasteiger partial charge in [-0.1, -0.05) is 54.6 Å². The molecule has 0 saturated heterocycles. The van der Waals surface area contributed by atoms with Gasteiger partial charge in [-0.2, -0.15) is 0 Å². The minimum Gasteiger partial charge on any atom is -0.489 e. The number of hydrogen-bond donors (Lipinski definition) is 0. The van der Waals surface area contributed by atoms with Crippen LogP contribution in [0.15, 0.2) is 111 Å². The molecule has 0 aliphatic carbocycles. The molecule has 1 atom stereocenters. The van der Waals surface area contributed by atoms with E-state index in [0.717, 1.165) is 11.1 Å². The van der Waals surface area contributed by atoms with Crippen LogP contribution in [0.5, 0.6) is 5.75 Å². The minimum absolute atomic E-state index is 0.0702. The molecule has 6 nitrogen and oxygen atoms in total. The van der Waals surface area contributed by atoms with E-state index in [4.69, 9.17) is 13.6 Å². The molecule has 172 valence electrons. The number of ether oxygens (including phenoxy) is 1. The smallest absolute Gasteiger partial charge is 0.291 e. The first-order valence-electron chi connectivity index (χ1n) is 11.3. The number of fused-ring (bicyclic) bond motifs is 2. The van der Waals surface area contributed by atoms with Crippen LogP contribution in [0.25, 0.3) is 11.0 Å². The molecule has 0 fully saturated rings. The Hall–Kier alpha value is -4.58. The molecule has 0 spiro atoms. The minimum atomic E-state index is -0.635. The van der Waals surface area contributed by atoms with Gasteiger partial charge < -0.3 is 18.5 Å². The first-order chi connectivity index (χ1) is 17.2. The van der Waals surface area contributed by atoms with Crippen LogP contribution in [-0.2, 0) is 13.2 Å². The van der Waals surface area contributed by atoms with Crippen molar-refractivity contribution in [2.75, 3.05) is 0 Å². The van der Waals surface area contributed by atoms with Gasteiger partial charge in [-0.25, -0.2) is 0 Å². The number of carbonyl (C=O) groups excluding carboxylic acids is 1. The van der Waals surface area contributed by atoms with E-state index in [2.05, 4.69) is 0 Å². The zero-order chi connectivity index (χ0) is 23.8. The van der Waals surface area contributed by atoms with Crippen LogP contribution in [0.1, 0.15) is 39.0 Å². The molecule has 35 heavy (non-hydrogen) atoms. The van der Waals surface area contributed by atoms with Gasteiger partial charge >= 0.3 is 0 Å². The van der Waals surface area contributed by atoms with Crippen molar-refractivity contribution in [2.24, 2.45) is 0 Å². The van der Waals surface area contributed by atoms with E-state index in [9.17, 15) is 9.59 Å². The summed E-state index contributed by atoms with van der Waals surface area (Å²) in [5, 5.41) is 0.445. The van der Waals surface area contributed by atoms with Crippen LogP contribution in [0, 0.1) is 0 Å². The van der Waals surface area contributed by atoms with Crippen LogP contribution in [0.4, 0.5) is 0 Å². The highest BCUT2D eigenvalue weighted by atomic mass is 16.5. The molecule has 0 radical (unpaired) electrons. The second kappa shape index (κ2) is 8.65. The average Bonchev–Trinajstić information content (AvgIpc) is 3.51. The topological polar surface area (TPSA) is 72.9 Å². The van der Waals surface area contributed by atoms with Crippen molar-refractivity contribution >= 4 is 16.9 Å². The molecular weight excluding hydrogens is 442 g/mol. The van der Waals surface area contributed by atoms with Crippen molar-refractivity contribution in [3.05, 3.63) is 136 Å². The molecule has 6 heteroatoms. The Balaban J connectivity index is 1.44. The van der Waals surface area contributed by atoms with Gasteiger partial charge in [0, 0.05) is 0 Å². The molecule has 3 aromatic carbocycles. The lowest BCUT2D eigenvalue weighted by atomic mass is 9.98. The number of carbonyl (C=O) groups is 1. The van der Waals surface area contributed by atoms with Crippen LogP contribution in [0.3, 0.4) is 0 Å². The van der Waals surface area contributed by atoms with Gasteiger partial charge in [0.1, 0.15) is 23.7 Å². The van der Waals surface area contributed by atoms with Gasteiger partial charge in [0.25, 0.3) is 5.91 Å². The molecule has 0 saturated carbocycles. The number of rotatable bonds is 6. The number of amides is 1. The second-order valence-electron chi connectivity index (χ2n) is 8.43. The second-order valence-corrected chi connectivity index (χ2v) is 8.43. The summed E-state index contributed by atoms with van der Waals surface area (Å²) in [6.07, 6.45) is 1.56. The third-order valence-corrected chi connectivity index (χ3v) is 6.20. The summed E-state index contributed by atoms with van der Waals surface area (Å²) in [6, 6.07) is 27.3. The van der Waals surface area contributed by atoms with Crippen molar-refractivity contribution in [3.8, 4) is 5.75 Å². The summed E-state index contributed by atoms with van der Waals surface area (Å²) >= 11 is 0. The van der Waals surface area contributed by atoms with Crippen LogP contribution < -0.4 is 10.2 Å². The van der Waals surface area contributed by atoms with E-state index >= 15 is 0 Å². The molecule has 1 aliphatic rings. The monoisotopic (exact) mass is 463 g/mol. The molecule has 2 aromatic heterocycles. The first-order valence-corrected chi connectivity index (χ1v) is 11.3. The molecule has 0 N–H and O–H groups in total. The van der Waals surface area contributed by atoms with E-state index in [1.54, 1.807) is 47.6 Å². The van der Waals surface area contributed by atoms with Gasteiger partial charge in [0.15, 0.2) is 5.43 Å². The third kappa shape index (κ3) is 3.79. The van der Waals surface area contributed by atoms with Gasteiger partial charge in [0.05, 0.1) is 29.8 Å². The molecule has 3 heterocycles. The fraction of sp³-hybridized carbons (Fsp3) is 0.103. The standard InChI is InChI=1S/C29H21NO5/c31-27-23-13-4-5-14-24(23)35-28-25(27)26(30(29(28)32)17-22-12-7-15-33-22)20-10-6-11-21(16-20)34-18-19-8-2-1-3-9-19/h1-16,26H,17-18H2/t26-/m0/s1. The lowest BCUT2D eigenvalue weighted by molar-refractivity contribution is 0.0701. The van der Waals surface area contributed by atoms with Crippen LogP contribution >= 0.6 is 0 Å². The fourth-order valence-corrected chi connectivity index (χ4v) is 4.56. The van der Waals surface area contributed by atoms with Crippen molar-refractivity contribution in [1.29, 1.82) is 0 Å². The Kier molecular flexibility index (Phi) is 5.19. The molecular formula is C29H21NO5. The van der Waals surface area contributed by atoms with E-state index in [-0.39, 0.29) is 23.6 Å². The van der Waals surface area contributed by atoms with E-state index in [0.29, 0.717) is 34.6 Å². The Morgan fingerprint density at radius 3 is 2.51 bits per heavy atom. The summed E-state index contributed by atoms with van der Waals surface area (Å²) in [7, 11) is 0. The summed E-state index contributed by atoms with van der Waals surface area (Å²) in [6.45, 7) is 0.610. The van der Waals surface area contributed by atoms with E-state index < -0.39 is 6.04 Å². The van der Waals surface area contributed by atoms with E-state index in [1.807, 2.05) is 54.6 Å². The number of para-hydroxylation sites is 1. The highest BCUT2D eigenvalue weighted by Crippen LogP contribution is 2.40. The highest BCUT2D eigenvalue weighted by molar-refractivity contribution is 5.99. The maximum absolute atomic E-state index is 13.6. The predicted molar refractivity (Wildman–Crippen MR) is 130 cm³/mol.